The molecule has 0 aliphatic carbocycles. The molecule has 3 aromatic carbocycles. The number of anilines is 1. The van der Waals surface area contributed by atoms with E-state index < -0.39 is 0 Å². The van der Waals surface area contributed by atoms with Crippen LogP contribution in [0.3, 0.4) is 0 Å². The van der Waals surface area contributed by atoms with E-state index in [1.165, 1.54) is 17.8 Å². The minimum atomic E-state index is -0.200. The summed E-state index contributed by atoms with van der Waals surface area (Å²) in [6, 6.07) is 21.1. The average molecular weight is 418 g/mol. The van der Waals surface area contributed by atoms with Gasteiger partial charge < -0.3 is 9.80 Å². The second kappa shape index (κ2) is 7.95. The number of thioether (sulfide) groups is 1. The number of hydrogen-bond donors (Lipinski definition) is 0. The van der Waals surface area contributed by atoms with Gasteiger partial charge in [-0.3, -0.25) is 4.79 Å². The first-order valence-corrected chi connectivity index (χ1v) is 10.8. The molecule has 5 rings (SSSR count). The summed E-state index contributed by atoms with van der Waals surface area (Å²) < 4.78 is 14.1. The van der Waals surface area contributed by atoms with Crippen LogP contribution >= 0.6 is 11.8 Å². The van der Waals surface area contributed by atoms with Gasteiger partial charge in [-0.2, -0.15) is 4.99 Å². The molecule has 0 bridgehead atoms. The maximum Gasteiger partial charge on any atom is 0.286 e. The molecule has 30 heavy (non-hydrogen) atoms. The van der Waals surface area contributed by atoms with E-state index in [0.29, 0.717) is 36.8 Å². The summed E-state index contributed by atoms with van der Waals surface area (Å²) in [6.07, 6.45) is 1.93. The highest BCUT2D eigenvalue weighted by Gasteiger charge is 2.29. The van der Waals surface area contributed by atoms with Crippen LogP contribution in [-0.4, -0.2) is 42.2 Å². The lowest BCUT2D eigenvalue weighted by molar-refractivity contribution is -0.113. The molecule has 0 aromatic heterocycles. The van der Waals surface area contributed by atoms with Gasteiger partial charge >= 0.3 is 0 Å². The lowest BCUT2D eigenvalue weighted by atomic mass is 10.0. The third-order valence-corrected chi connectivity index (χ3v) is 6.51. The second-order valence-electron chi connectivity index (χ2n) is 7.30. The van der Waals surface area contributed by atoms with Crippen LogP contribution in [0.25, 0.3) is 16.8 Å². The molecule has 1 saturated heterocycles. The van der Waals surface area contributed by atoms with Gasteiger partial charge in [0.05, 0.1) is 10.6 Å². The van der Waals surface area contributed by atoms with Crippen molar-refractivity contribution in [1.82, 2.24) is 4.90 Å². The van der Waals surface area contributed by atoms with E-state index in [-0.39, 0.29) is 11.7 Å². The first kappa shape index (κ1) is 18.9. The molecule has 0 radical (unpaired) electrons. The Kier molecular flexibility index (Phi) is 5.01. The highest BCUT2D eigenvalue weighted by Crippen LogP contribution is 2.32. The van der Waals surface area contributed by atoms with Crippen molar-refractivity contribution in [2.45, 2.75) is 0 Å². The molecule has 0 N–H and O–H groups in total. The zero-order valence-electron chi connectivity index (χ0n) is 16.3. The van der Waals surface area contributed by atoms with Crippen molar-refractivity contribution in [3.05, 3.63) is 83.0 Å². The number of para-hydroxylation sites is 1. The van der Waals surface area contributed by atoms with E-state index in [0.717, 1.165) is 21.5 Å². The summed E-state index contributed by atoms with van der Waals surface area (Å²) in [7, 11) is 0. The number of piperazine rings is 1. The quantitative estimate of drug-likeness (QED) is 0.563. The normalized spacial score (nSPS) is 18.4. The number of halogens is 1. The molecule has 1 amide bonds. The Morgan fingerprint density at radius 1 is 0.867 bits per heavy atom. The van der Waals surface area contributed by atoms with Crippen LogP contribution in [0.4, 0.5) is 10.1 Å². The Bertz CT molecular complexity index is 1180. The van der Waals surface area contributed by atoms with Crippen LogP contribution in [0.2, 0.25) is 0 Å². The Hall–Kier alpha value is -3.12. The number of hydrogen-bond acceptors (Lipinski definition) is 4. The molecule has 0 atom stereocenters. The summed E-state index contributed by atoms with van der Waals surface area (Å²) in [4.78, 5) is 21.6. The topological polar surface area (TPSA) is 35.9 Å². The summed E-state index contributed by atoms with van der Waals surface area (Å²) in [5.41, 5.74) is 1.65. The lowest BCUT2D eigenvalue weighted by Gasteiger charge is -2.36. The molecule has 3 aromatic rings. The van der Waals surface area contributed by atoms with Crippen LogP contribution in [0.5, 0.6) is 0 Å². The maximum absolute atomic E-state index is 14.1. The maximum atomic E-state index is 14.1. The summed E-state index contributed by atoms with van der Waals surface area (Å²) in [5, 5.41) is 3.00. The molecule has 1 fully saturated rings. The fraction of sp³-hybridized carbons (Fsp3) is 0.167. The number of amidine groups is 1. The van der Waals surface area contributed by atoms with Crippen LogP contribution in [-0.2, 0) is 4.79 Å². The number of carbonyl (C=O) groups excluding carboxylic acids is 1. The van der Waals surface area contributed by atoms with Crippen molar-refractivity contribution in [2.24, 2.45) is 4.99 Å². The molecule has 6 heteroatoms. The molecule has 2 heterocycles. The largest absolute Gasteiger partial charge is 0.366 e. The van der Waals surface area contributed by atoms with Crippen LogP contribution in [0.15, 0.2) is 76.6 Å². The van der Waals surface area contributed by atoms with Crippen molar-refractivity contribution in [3.8, 4) is 0 Å². The Morgan fingerprint density at radius 3 is 2.40 bits per heavy atom. The molecule has 150 valence electrons. The lowest BCUT2D eigenvalue weighted by Crippen LogP contribution is -2.48. The molecule has 0 unspecified atom stereocenters. The minimum Gasteiger partial charge on any atom is -0.366 e. The molecule has 2 aliphatic heterocycles. The number of benzene rings is 3. The first-order valence-electron chi connectivity index (χ1n) is 9.94. The van der Waals surface area contributed by atoms with Crippen LogP contribution in [0, 0.1) is 5.82 Å². The van der Waals surface area contributed by atoms with Crippen molar-refractivity contribution in [1.29, 1.82) is 0 Å². The fourth-order valence-electron chi connectivity index (χ4n) is 3.90. The smallest absolute Gasteiger partial charge is 0.286 e. The van der Waals surface area contributed by atoms with Gasteiger partial charge in [0.2, 0.25) is 0 Å². The standard InChI is InChI=1S/C24H20FN3OS/c25-20-10-3-4-11-21(20)27-12-14-28(15-13-27)24-26-23(29)22(30-24)16-18-8-5-7-17-6-1-2-9-19(17)18/h1-11,16H,12-15H2/b22-16+. The van der Waals surface area contributed by atoms with Crippen molar-refractivity contribution in [2.75, 3.05) is 31.1 Å². The minimum absolute atomic E-state index is 0.195. The van der Waals surface area contributed by atoms with Gasteiger partial charge in [0.1, 0.15) is 5.82 Å². The van der Waals surface area contributed by atoms with Gasteiger partial charge in [0.15, 0.2) is 5.17 Å². The summed E-state index contributed by atoms with van der Waals surface area (Å²) in [5.74, 6) is -0.395. The predicted molar refractivity (Wildman–Crippen MR) is 122 cm³/mol. The van der Waals surface area contributed by atoms with Gasteiger partial charge in [-0.1, -0.05) is 54.6 Å². The van der Waals surface area contributed by atoms with Gasteiger partial charge in [0.25, 0.3) is 5.91 Å². The second-order valence-corrected chi connectivity index (χ2v) is 8.31. The van der Waals surface area contributed by atoms with E-state index in [1.807, 2.05) is 41.3 Å². The zero-order chi connectivity index (χ0) is 20.5. The average Bonchev–Trinajstić information content (AvgIpc) is 3.15. The van der Waals surface area contributed by atoms with E-state index >= 15 is 0 Å². The number of nitrogens with zero attached hydrogens (tertiary/aromatic N) is 3. The van der Waals surface area contributed by atoms with Crippen LogP contribution < -0.4 is 4.90 Å². The SMILES string of the molecule is O=C1N=C(N2CCN(c3ccccc3F)CC2)S/C1=C/c1cccc2ccccc12. The van der Waals surface area contributed by atoms with E-state index in [2.05, 4.69) is 28.1 Å². The highest BCUT2D eigenvalue weighted by atomic mass is 32.2. The predicted octanol–water partition coefficient (Wildman–Crippen LogP) is 4.77. The van der Waals surface area contributed by atoms with Gasteiger partial charge in [-0.05, 0) is 46.3 Å². The third kappa shape index (κ3) is 3.59. The number of amides is 1. The number of aliphatic imine (C=N–C) groups is 1. The van der Waals surface area contributed by atoms with Gasteiger partial charge in [-0.15, -0.1) is 0 Å². The van der Waals surface area contributed by atoms with Crippen molar-refractivity contribution < 1.29 is 9.18 Å². The van der Waals surface area contributed by atoms with E-state index in [9.17, 15) is 9.18 Å². The number of fused-ring (bicyclic) bond motifs is 1. The fourth-order valence-corrected chi connectivity index (χ4v) is 4.85. The van der Waals surface area contributed by atoms with Crippen molar-refractivity contribution >= 4 is 45.4 Å². The summed E-state index contributed by atoms with van der Waals surface area (Å²) >= 11 is 1.42. The third-order valence-electron chi connectivity index (χ3n) is 5.46. The van der Waals surface area contributed by atoms with Crippen LogP contribution in [0.1, 0.15) is 5.56 Å². The Balaban J connectivity index is 1.30. The molecule has 0 spiro atoms. The first-order chi connectivity index (χ1) is 14.7. The monoisotopic (exact) mass is 417 g/mol. The van der Waals surface area contributed by atoms with Gasteiger partial charge in [0, 0.05) is 26.2 Å². The molecular weight excluding hydrogens is 397 g/mol. The number of carbonyl (C=O) groups is 1. The molecule has 4 nitrogen and oxygen atoms in total. The molecule has 2 aliphatic rings. The van der Waals surface area contributed by atoms with E-state index in [1.54, 1.807) is 12.1 Å². The van der Waals surface area contributed by atoms with Gasteiger partial charge in [-0.25, -0.2) is 4.39 Å². The number of rotatable bonds is 2. The zero-order valence-corrected chi connectivity index (χ0v) is 17.1. The molecular formula is C24H20FN3OS. The Labute approximate surface area is 178 Å². The van der Waals surface area contributed by atoms with E-state index in [4.69, 9.17) is 0 Å². The highest BCUT2D eigenvalue weighted by molar-refractivity contribution is 8.18. The summed E-state index contributed by atoms with van der Waals surface area (Å²) in [6.45, 7) is 2.79. The molecule has 0 saturated carbocycles. The van der Waals surface area contributed by atoms with Crippen molar-refractivity contribution in [3.63, 3.8) is 0 Å². The Morgan fingerprint density at radius 2 is 1.57 bits per heavy atom.